The highest BCUT2D eigenvalue weighted by atomic mass is 16.5. The fourth-order valence-electron chi connectivity index (χ4n) is 4.85. The lowest BCUT2D eigenvalue weighted by molar-refractivity contribution is -0.141. The lowest BCUT2D eigenvalue weighted by Gasteiger charge is -2.47. The van der Waals surface area contributed by atoms with Gasteiger partial charge in [0, 0.05) is 38.6 Å². The van der Waals surface area contributed by atoms with Gasteiger partial charge in [-0.05, 0) is 55.4 Å². The maximum Gasteiger partial charge on any atom is 0.222 e. The van der Waals surface area contributed by atoms with Gasteiger partial charge in [-0.1, -0.05) is 42.0 Å². The van der Waals surface area contributed by atoms with E-state index in [1.807, 2.05) is 12.1 Å². The lowest BCUT2D eigenvalue weighted by atomic mass is 9.83. The van der Waals surface area contributed by atoms with Crippen LogP contribution in [0.2, 0.25) is 0 Å². The van der Waals surface area contributed by atoms with Crippen LogP contribution in [0.25, 0.3) is 0 Å². The van der Waals surface area contributed by atoms with Crippen molar-refractivity contribution in [3.8, 4) is 5.75 Å². The first kappa shape index (κ1) is 20.0. The highest BCUT2D eigenvalue weighted by molar-refractivity contribution is 5.77. The summed E-state index contributed by atoms with van der Waals surface area (Å²) >= 11 is 0. The number of hydrogen-bond acceptors (Lipinski definition) is 3. The SMILES string of the molecule is COc1ccc(CCN2C(=O)CC[C@@H]3CN(Cc4ccc(C)cc4)CC[C@@H]32)cc1. The monoisotopic (exact) mass is 392 g/mol. The second-order valence-electron chi connectivity index (χ2n) is 8.56. The molecule has 0 saturated carbocycles. The Kier molecular flexibility index (Phi) is 6.19. The standard InChI is InChI=1S/C25H32N2O2/c1-19-3-5-21(6-4-19)17-26-15-14-24-22(18-26)9-12-25(28)27(24)16-13-20-7-10-23(29-2)11-8-20/h3-8,10-11,22,24H,9,12-18H2,1-2H3/t22-,24+/m1/s1. The Balaban J connectivity index is 1.35. The Morgan fingerprint density at radius 3 is 2.45 bits per heavy atom. The molecule has 29 heavy (non-hydrogen) atoms. The molecule has 2 atom stereocenters. The molecule has 0 spiro atoms. The van der Waals surface area contributed by atoms with E-state index < -0.39 is 0 Å². The molecule has 0 aliphatic carbocycles. The van der Waals surface area contributed by atoms with Crippen molar-refractivity contribution in [3.05, 3.63) is 65.2 Å². The average Bonchev–Trinajstić information content (AvgIpc) is 2.75. The van der Waals surface area contributed by atoms with E-state index in [0.717, 1.165) is 51.2 Å². The fourth-order valence-corrected chi connectivity index (χ4v) is 4.85. The Morgan fingerprint density at radius 2 is 1.72 bits per heavy atom. The number of benzene rings is 2. The van der Waals surface area contributed by atoms with Gasteiger partial charge in [0.05, 0.1) is 7.11 Å². The summed E-state index contributed by atoms with van der Waals surface area (Å²) in [6.45, 7) is 6.15. The number of methoxy groups -OCH3 is 1. The van der Waals surface area contributed by atoms with Crippen LogP contribution >= 0.6 is 0 Å². The number of hydrogen-bond donors (Lipinski definition) is 0. The van der Waals surface area contributed by atoms with E-state index in [2.05, 4.69) is 53.1 Å². The topological polar surface area (TPSA) is 32.8 Å². The van der Waals surface area contributed by atoms with Crippen LogP contribution in [0.1, 0.15) is 36.0 Å². The first-order valence-electron chi connectivity index (χ1n) is 10.8. The van der Waals surface area contributed by atoms with Crippen LogP contribution in [0, 0.1) is 12.8 Å². The molecule has 2 fully saturated rings. The molecule has 4 rings (SSSR count). The highest BCUT2D eigenvalue weighted by Gasteiger charge is 2.38. The van der Waals surface area contributed by atoms with Crippen molar-refractivity contribution >= 4 is 5.91 Å². The van der Waals surface area contributed by atoms with Gasteiger partial charge < -0.3 is 9.64 Å². The maximum absolute atomic E-state index is 12.7. The number of rotatable bonds is 6. The number of nitrogens with zero attached hydrogens (tertiary/aromatic N) is 2. The van der Waals surface area contributed by atoms with Crippen LogP contribution in [0.15, 0.2) is 48.5 Å². The number of piperidine rings is 2. The van der Waals surface area contributed by atoms with Crippen LogP contribution < -0.4 is 4.74 Å². The largest absolute Gasteiger partial charge is 0.497 e. The number of carbonyl (C=O) groups is 1. The summed E-state index contributed by atoms with van der Waals surface area (Å²) in [6, 6.07) is 17.5. The van der Waals surface area contributed by atoms with E-state index in [9.17, 15) is 4.79 Å². The van der Waals surface area contributed by atoms with Gasteiger partial charge in [-0.3, -0.25) is 9.69 Å². The van der Waals surface area contributed by atoms with Gasteiger partial charge in [-0.2, -0.15) is 0 Å². The predicted octanol–water partition coefficient (Wildman–Crippen LogP) is 4.06. The normalized spacial score (nSPS) is 22.4. The maximum atomic E-state index is 12.7. The third-order valence-corrected chi connectivity index (χ3v) is 6.55. The van der Waals surface area contributed by atoms with Crippen LogP contribution in [-0.2, 0) is 17.8 Å². The molecule has 2 saturated heterocycles. The van der Waals surface area contributed by atoms with Crippen molar-refractivity contribution in [1.29, 1.82) is 0 Å². The molecule has 1 amide bonds. The number of carbonyl (C=O) groups excluding carboxylic acids is 1. The van der Waals surface area contributed by atoms with Crippen molar-refractivity contribution in [2.45, 2.75) is 45.2 Å². The number of likely N-dealkylation sites (tertiary alicyclic amines) is 2. The van der Waals surface area contributed by atoms with E-state index in [-0.39, 0.29) is 0 Å². The molecule has 0 aromatic heterocycles. The quantitative estimate of drug-likeness (QED) is 0.743. The smallest absolute Gasteiger partial charge is 0.222 e. The Hall–Kier alpha value is -2.33. The zero-order valence-electron chi connectivity index (χ0n) is 17.6. The van der Waals surface area contributed by atoms with Crippen molar-refractivity contribution in [2.75, 3.05) is 26.7 Å². The number of amides is 1. The van der Waals surface area contributed by atoms with Crippen LogP contribution in [0.4, 0.5) is 0 Å². The van der Waals surface area contributed by atoms with Gasteiger partial charge >= 0.3 is 0 Å². The van der Waals surface area contributed by atoms with E-state index in [0.29, 0.717) is 24.3 Å². The zero-order valence-corrected chi connectivity index (χ0v) is 17.6. The first-order chi connectivity index (χ1) is 14.1. The summed E-state index contributed by atoms with van der Waals surface area (Å²) in [6.07, 6.45) is 3.73. The van der Waals surface area contributed by atoms with Gasteiger partial charge in [-0.15, -0.1) is 0 Å². The van der Waals surface area contributed by atoms with Gasteiger partial charge in [0.2, 0.25) is 5.91 Å². The molecule has 2 aliphatic rings. The minimum Gasteiger partial charge on any atom is -0.497 e. The third-order valence-electron chi connectivity index (χ3n) is 6.55. The zero-order chi connectivity index (χ0) is 20.2. The van der Waals surface area contributed by atoms with Crippen LogP contribution in [-0.4, -0.2) is 48.5 Å². The van der Waals surface area contributed by atoms with Crippen molar-refractivity contribution < 1.29 is 9.53 Å². The molecule has 154 valence electrons. The molecule has 4 heteroatoms. The number of fused-ring (bicyclic) bond motifs is 1. The van der Waals surface area contributed by atoms with Crippen molar-refractivity contribution in [2.24, 2.45) is 5.92 Å². The van der Waals surface area contributed by atoms with Gasteiger partial charge in [-0.25, -0.2) is 0 Å². The second kappa shape index (κ2) is 9.00. The molecule has 2 heterocycles. The summed E-state index contributed by atoms with van der Waals surface area (Å²) in [4.78, 5) is 17.4. The van der Waals surface area contributed by atoms with E-state index in [1.165, 1.54) is 16.7 Å². The summed E-state index contributed by atoms with van der Waals surface area (Å²) < 4.78 is 5.24. The summed E-state index contributed by atoms with van der Waals surface area (Å²) in [7, 11) is 1.69. The van der Waals surface area contributed by atoms with Gasteiger partial charge in [0.1, 0.15) is 5.75 Å². The van der Waals surface area contributed by atoms with Crippen LogP contribution in [0.5, 0.6) is 5.75 Å². The van der Waals surface area contributed by atoms with E-state index >= 15 is 0 Å². The minimum absolute atomic E-state index is 0.340. The molecule has 0 bridgehead atoms. The predicted molar refractivity (Wildman–Crippen MR) is 116 cm³/mol. The molecule has 0 N–H and O–H groups in total. The van der Waals surface area contributed by atoms with Gasteiger partial charge in [0.25, 0.3) is 0 Å². The fraction of sp³-hybridized carbons (Fsp3) is 0.480. The molecular formula is C25H32N2O2. The molecule has 0 radical (unpaired) electrons. The van der Waals surface area contributed by atoms with E-state index in [4.69, 9.17) is 4.74 Å². The number of aryl methyl sites for hydroxylation is 1. The van der Waals surface area contributed by atoms with Crippen LogP contribution in [0.3, 0.4) is 0 Å². The number of ether oxygens (including phenoxy) is 1. The average molecular weight is 393 g/mol. The molecular weight excluding hydrogens is 360 g/mol. The summed E-state index contributed by atoms with van der Waals surface area (Å²) in [5, 5.41) is 0. The summed E-state index contributed by atoms with van der Waals surface area (Å²) in [5.41, 5.74) is 3.96. The minimum atomic E-state index is 0.340. The Bertz CT molecular complexity index is 816. The second-order valence-corrected chi connectivity index (χ2v) is 8.56. The Morgan fingerprint density at radius 1 is 1.00 bits per heavy atom. The van der Waals surface area contributed by atoms with Crippen molar-refractivity contribution in [1.82, 2.24) is 9.80 Å². The summed E-state index contributed by atoms with van der Waals surface area (Å²) in [5.74, 6) is 1.82. The van der Waals surface area contributed by atoms with Crippen molar-refractivity contribution in [3.63, 3.8) is 0 Å². The molecule has 2 aliphatic heterocycles. The third kappa shape index (κ3) is 4.81. The highest BCUT2D eigenvalue weighted by Crippen LogP contribution is 2.32. The molecule has 2 aromatic carbocycles. The van der Waals surface area contributed by atoms with E-state index in [1.54, 1.807) is 7.11 Å². The molecule has 4 nitrogen and oxygen atoms in total. The molecule has 2 aromatic rings. The van der Waals surface area contributed by atoms with Gasteiger partial charge in [0.15, 0.2) is 0 Å². The Labute approximate surface area is 174 Å². The first-order valence-corrected chi connectivity index (χ1v) is 10.8. The lowest BCUT2D eigenvalue weighted by Crippen LogP contribution is -2.56. The molecule has 0 unspecified atom stereocenters.